The van der Waals surface area contributed by atoms with Gasteiger partial charge >= 0.3 is 0 Å². The SMILES string of the molecule is CN.CN.Cl.Cl.Cln1ccnc1. The van der Waals surface area contributed by atoms with Crippen molar-refractivity contribution in [2.24, 2.45) is 11.5 Å². The Labute approximate surface area is 90.2 Å². The van der Waals surface area contributed by atoms with Crippen LogP contribution in [0.5, 0.6) is 0 Å². The summed E-state index contributed by atoms with van der Waals surface area (Å²) in [5.41, 5.74) is 9.00. The van der Waals surface area contributed by atoms with Crippen LogP contribution in [0.25, 0.3) is 0 Å². The van der Waals surface area contributed by atoms with Gasteiger partial charge in [0, 0.05) is 24.2 Å². The number of aromatic nitrogens is 2. The quantitative estimate of drug-likeness (QED) is 0.704. The Morgan fingerprint density at radius 1 is 1.17 bits per heavy atom. The molecule has 0 aliphatic carbocycles. The molecule has 4 N–H and O–H groups in total. The zero-order valence-corrected chi connectivity index (χ0v) is 9.36. The van der Waals surface area contributed by atoms with Gasteiger partial charge in [-0.2, -0.15) is 0 Å². The lowest BCUT2D eigenvalue weighted by Crippen LogP contribution is -1.69. The van der Waals surface area contributed by atoms with E-state index in [0.717, 1.165) is 0 Å². The van der Waals surface area contributed by atoms with E-state index in [1.807, 2.05) is 0 Å². The minimum atomic E-state index is 0. The van der Waals surface area contributed by atoms with Crippen LogP contribution in [0.4, 0.5) is 0 Å². The summed E-state index contributed by atoms with van der Waals surface area (Å²) in [5.74, 6) is 0. The van der Waals surface area contributed by atoms with E-state index in [1.54, 1.807) is 12.4 Å². The van der Waals surface area contributed by atoms with Crippen LogP contribution in [-0.4, -0.2) is 23.2 Å². The van der Waals surface area contributed by atoms with E-state index in [-0.39, 0.29) is 24.8 Å². The maximum absolute atomic E-state index is 5.31. The molecule has 0 fully saturated rings. The molecule has 1 aromatic rings. The Morgan fingerprint density at radius 3 is 1.67 bits per heavy atom. The van der Waals surface area contributed by atoms with Crippen LogP contribution in [0.3, 0.4) is 0 Å². The fourth-order valence-electron chi connectivity index (χ4n) is 0.243. The molecule has 0 aromatic carbocycles. The maximum Gasteiger partial charge on any atom is 0.110 e. The van der Waals surface area contributed by atoms with Crippen molar-refractivity contribution < 1.29 is 0 Å². The highest BCUT2D eigenvalue weighted by Crippen LogP contribution is 1.83. The monoisotopic (exact) mass is 236 g/mol. The lowest BCUT2D eigenvalue weighted by molar-refractivity contribution is 1.21. The van der Waals surface area contributed by atoms with E-state index < -0.39 is 0 Å². The lowest BCUT2D eigenvalue weighted by Gasteiger charge is -1.71. The van der Waals surface area contributed by atoms with Crippen molar-refractivity contribution in [3.8, 4) is 0 Å². The summed E-state index contributed by atoms with van der Waals surface area (Å²) in [4.78, 5) is 3.65. The van der Waals surface area contributed by atoms with Crippen molar-refractivity contribution in [3.05, 3.63) is 18.7 Å². The molecular weight excluding hydrogens is 222 g/mol. The summed E-state index contributed by atoms with van der Waals surface area (Å²) >= 11 is 5.31. The van der Waals surface area contributed by atoms with E-state index in [4.69, 9.17) is 11.8 Å². The van der Waals surface area contributed by atoms with Gasteiger partial charge in [0.15, 0.2) is 0 Å². The summed E-state index contributed by atoms with van der Waals surface area (Å²) in [5, 5.41) is 0. The first-order valence-corrected chi connectivity index (χ1v) is 3.03. The lowest BCUT2D eigenvalue weighted by atomic mass is 11.0. The second-order valence-electron chi connectivity index (χ2n) is 0.907. The molecular formula is C5H15Cl3N4. The van der Waals surface area contributed by atoms with Crippen LogP contribution in [0, 0.1) is 0 Å². The summed E-state index contributed by atoms with van der Waals surface area (Å²) in [6.07, 6.45) is 4.79. The van der Waals surface area contributed by atoms with Gasteiger partial charge in [0.25, 0.3) is 0 Å². The molecule has 1 aromatic heterocycles. The van der Waals surface area contributed by atoms with Crippen LogP contribution in [-0.2, 0) is 0 Å². The maximum atomic E-state index is 5.31. The van der Waals surface area contributed by atoms with Crippen molar-refractivity contribution in [1.29, 1.82) is 0 Å². The average Bonchev–Trinajstić information content (AvgIpc) is 2.48. The van der Waals surface area contributed by atoms with Gasteiger partial charge in [-0.3, -0.25) is 0 Å². The number of hydrogen-bond donors (Lipinski definition) is 2. The van der Waals surface area contributed by atoms with Crippen molar-refractivity contribution in [3.63, 3.8) is 0 Å². The first kappa shape index (κ1) is 22.7. The summed E-state index contributed by atoms with van der Waals surface area (Å²) in [6.45, 7) is 0. The first-order chi connectivity index (χ1) is 4.89. The van der Waals surface area contributed by atoms with E-state index in [0.29, 0.717) is 0 Å². The van der Waals surface area contributed by atoms with Gasteiger partial charge in [0.05, 0.1) is 0 Å². The minimum Gasteiger partial charge on any atom is -0.333 e. The Balaban J connectivity index is -0.0000000480. The fraction of sp³-hybridized carbons (Fsp3) is 0.400. The van der Waals surface area contributed by atoms with E-state index in [1.165, 1.54) is 24.5 Å². The smallest absolute Gasteiger partial charge is 0.110 e. The molecule has 0 bridgehead atoms. The van der Waals surface area contributed by atoms with Crippen molar-refractivity contribution in [2.45, 2.75) is 0 Å². The molecule has 0 saturated carbocycles. The summed E-state index contributed by atoms with van der Waals surface area (Å²) in [6, 6.07) is 0. The van der Waals surface area contributed by atoms with Crippen molar-refractivity contribution >= 4 is 36.6 Å². The third kappa shape index (κ3) is 16.5. The highest BCUT2D eigenvalue weighted by molar-refractivity contribution is 6.15. The molecule has 12 heavy (non-hydrogen) atoms. The predicted molar refractivity (Wildman–Crippen MR) is 58.2 cm³/mol. The topological polar surface area (TPSA) is 69.9 Å². The molecule has 0 radical (unpaired) electrons. The number of rotatable bonds is 0. The molecule has 0 amide bonds. The molecule has 0 saturated heterocycles. The van der Waals surface area contributed by atoms with Gasteiger partial charge in [-0.25, -0.2) is 9.07 Å². The van der Waals surface area contributed by atoms with E-state index >= 15 is 0 Å². The fourth-order valence-corrected chi connectivity index (χ4v) is 0.344. The molecule has 1 heterocycles. The van der Waals surface area contributed by atoms with Crippen molar-refractivity contribution in [2.75, 3.05) is 14.1 Å². The normalized spacial score (nSPS) is 5.42. The number of nitrogens with two attached hydrogens (primary N) is 2. The van der Waals surface area contributed by atoms with Gasteiger partial charge in [0.1, 0.15) is 6.33 Å². The molecule has 4 nitrogen and oxygen atoms in total. The van der Waals surface area contributed by atoms with E-state index in [2.05, 4.69) is 16.5 Å². The van der Waals surface area contributed by atoms with Crippen LogP contribution < -0.4 is 11.5 Å². The second-order valence-corrected chi connectivity index (χ2v) is 1.30. The third-order valence-corrected chi connectivity index (χ3v) is 0.672. The highest BCUT2D eigenvalue weighted by atomic mass is 35.5. The largest absolute Gasteiger partial charge is 0.333 e. The number of imidazole rings is 1. The molecule has 0 spiro atoms. The van der Waals surface area contributed by atoms with Crippen LogP contribution >= 0.6 is 36.6 Å². The molecule has 76 valence electrons. The molecule has 1 rings (SSSR count). The van der Waals surface area contributed by atoms with Gasteiger partial charge in [-0.15, -0.1) is 24.8 Å². The minimum absolute atomic E-state index is 0. The van der Waals surface area contributed by atoms with E-state index in [9.17, 15) is 0 Å². The molecule has 0 aliphatic heterocycles. The summed E-state index contributed by atoms with van der Waals surface area (Å²) in [7, 11) is 3.00. The highest BCUT2D eigenvalue weighted by Gasteiger charge is 1.72. The Morgan fingerprint density at radius 2 is 1.58 bits per heavy atom. The zero-order valence-electron chi connectivity index (χ0n) is 6.98. The van der Waals surface area contributed by atoms with Crippen LogP contribution in [0.1, 0.15) is 0 Å². The second kappa shape index (κ2) is 22.4. The Hall–Kier alpha value is -0.000000000000000167. The van der Waals surface area contributed by atoms with Crippen LogP contribution in [0.15, 0.2) is 18.7 Å². The Kier molecular flexibility index (Phi) is 42.4. The average molecular weight is 238 g/mol. The number of nitrogens with zero attached hydrogens (tertiary/aromatic N) is 2. The van der Waals surface area contributed by atoms with Crippen molar-refractivity contribution in [1.82, 2.24) is 9.07 Å². The van der Waals surface area contributed by atoms with Gasteiger partial charge < -0.3 is 11.5 Å². The molecule has 7 heteroatoms. The Bertz CT molecular complexity index is 122. The molecule has 0 aliphatic rings. The van der Waals surface area contributed by atoms with Gasteiger partial charge in [-0.1, -0.05) is 0 Å². The standard InChI is InChI=1S/C3H3ClN2.2CH5N.2ClH/c4-6-2-1-5-3-6;2*1-2;;/h1-3H;2*2H2,1H3;2*1H. The molecule has 0 unspecified atom stereocenters. The first-order valence-electron chi connectivity index (χ1n) is 2.69. The number of hydrogen-bond acceptors (Lipinski definition) is 3. The zero-order chi connectivity index (χ0) is 8.41. The summed E-state index contributed by atoms with van der Waals surface area (Å²) < 4.78 is 1.36. The van der Waals surface area contributed by atoms with Gasteiger partial charge in [0.2, 0.25) is 0 Å². The predicted octanol–water partition coefficient (Wildman–Crippen LogP) is 0.878. The number of halogens is 3. The van der Waals surface area contributed by atoms with Crippen LogP contribution in [0.2, 0.25) is 0 Å². The molecule has 0 atom stereocenters. The van der Waals surface area contributed by atoms with Gasteiger partial charge in [-0.05, 0) is 14.1 Å². The third-order valence-electron chi connectivity index (χ3n) is 0.472.